The summed E-state index contributed by atoms with van der Waals surface area (Å²) in [5.74, 6) is 0.251. The van der Waals surface area contributed by atoms with E-state index in [4.69, 9.17) is 28.2 Å². The molecule has 1 aromatic heterocycles. The Labute approximate surface area is 175 Å². The summed E-state index contributed by atoms with van der Waals surface area (Å²) in [6, 6.07) is 9.21. The van der Waals surface area contributed by atoms with Crippen LogP contribution in [0.1, 0.15) is 12.7 Å². The highest BCUT2D eigenvalue weighted by molar-refractivity contribution is 7.80. The zero-order chi connectivity index (χ0) is 19.9. The van der Waals surface area contributed by atoms with E-state index in [1.165, 1.54) is 6.08 Å². The molecule has 6 nitrogen and oxygen atoms in total. The number of likely N-dealkylation sites (N-methyl/N-ethyl adjacent to an activating group) is 1. The molecule has 148 valence electrons. The summed E-state index contributed by atoms with van der Waals surface area (Å²) in [7, 11) is 0. The van der Waals surface area contributed by atoms with Crippen molar-refractivity contribution in [1.82, 2.24) is 10.2 Å². The standard InChI is InChI=1S/C20H23ClN4O2S/c1-2-24-9-11-25(12-10-24)18-7-5-15(14-17(18)21)22-20(28)23-19(26)8-6-16-4-3-13-27-16/h3-8,13-14H,2,9-12H2,1H3,(H2,22,23,26,28). The lowest BCUT2D eigenvalue weighted by Gasteiger charge is -2.36. The van der Waals surface area contributed by atoms with Crippen LogP contribution < -0.4 is 15.5 Å². The zero-order valence-corrected chi connectivity index (χ0v) is 17.2. The highest BCUT2D eigenvalue weighted by atomic mass is 35.5. The van der Waals surface area contributed by atoms with Crippen LogP contribution in [-0.2, 0) is 4.79 Å². The molecule has 8 heteroatoms. The minimum Gasteiger partial charge on any atom is -0.465 e. The topological polar surface area (TPSA) is 60.8 Å². The minimum absolute atomic E-state index is 0.203. The second kappa shape index (κ2) is 9.73. The maximum Gasteiger partial charge on any atom is 0.250 e. The van der Waals surface area contributed by atoms with Crippen molar-refractivity contribution in [1.29, 1.82) is 0 Å². The van der Waals surface area contributed by atoms with Crippen molar-refractivity contribution < 1.29 is 9.21 Å². The van der Waals surface area contributed by atoms with Gasteiger partial charge < -0.3 is 19.5 Å². The van der Waals surface area contributed by atoms with Gasteiger partial charge in [0.1, 0.15) is 5.76 Å². The van der Waals surface area contributed by atoms with Gasteiger partial charge in [0, 0.05) is 37.9 Å². The molecule has 0 aliphatic carbocycles. The largest absolute Gasteiger partial charge is 0.465 e. The van der Waals surface area contributed by atoms with Crippen LogP contribution >= 0.6 is 23.8 Å². The number of nitrogens with one attached hydrogen (secondary N) is 2. The van der Waals surface area contributed by atoms with E-state index in [1.807, 2.05) is 18.2 Å². The first-order valence-electron chi connectivity index (χ1n) is 9.15. The number of carbonyl (C=O) groups excluding carboxylic acids is 1. The summed E-state index contributed by atoms with van der Waals surface area (Å²) in [5.41, 5.74) is 1.74. The summed E-state index contributed by atoms with van der Waals surface area (Å²) in [4.78, 5) is 16.6. The second-order valence-electron chi connectivity index (χ2n) is 6.38. The van der Waals surface area contributed by atoms with E-state index in [2.05, 4.69) is 27.4 Å². The fraction of sp³-hybridized carbons (Fsp3) is 0.300. The van der Waals surface area contributed by atoms with Crippen LogP contribution in [0.25, 0.3) is 6.08 Å². The summed E-state index contributed by atoms with van der Waals surface area (Å²) in [5, 5.41) is 6.44. The van der Waals surface area contributed by atoms with Gasteiger partial charge in [0.2, 0.25) is 5.91 Å². The van der Waals surface area contributed by atoms with Crippen molar-refractivity contribution in [2.45, 2.75) is 6.92 Å². The first kappa shape index (κ1) is 20.4. The third-order valence-corrected chi connectivity index (χ3v) is 5.05. The third-order valence-electron chi connectivity index (χ3n) is 4.54. The Bertz CT molecular complexity index is 846. The monoisotopic (exact) mass is 418 g/mol. The van der Waals surface area contributed by atoms with Crippen molar-refractivity contribution >= 4 is 52.3 Å². The third kappa shape index (κ3) is 5.58. The molecule has 0 unspecified atom stereocenters. The predicted molar refractivity (Wildman–Crippen MR) is 118 cm³/mol. The number of benzene rings is 1. The SMILES string of the molecule is CCN1CCN(c2ccc(NC(=S)NC(=O)C=Cc3ccco3)cc2Cl)CC1. The molecule has 3 rings (SSSR count). The number of amides is 1. The van der Waals surface area contributed by atoms with Crippen molar-refractivity contribution in [2.75, 3.05) is 42.9 Å². The highest BCUT2D eigenvalue weighted by Gasteiger charge is 2.18. The molecular formula is C20H23ClN4O2S. The number of furan rings is 1. The Balaban J connectivity index is 1.53. The van der Waals surface area contributed by atoms with E-state index in [0.29, 0.717) is 10.8 Å². The number of hydrogen-bond acceptors (Lipinski definition) is 5. The average molecular weight is 419 g/mol. The van der Waals surface area contributed by atoms with Gasteiger partial charge in [0.15, 0.2) is 5.11 Å². The average Bonchev–Trinajstić information content (AvgIpc) is 3.20. The van der Waals surface area contributed by atoms with Crippen LogP contribution in [0.3, 0.4) is 0 Å². The molecule has 0 spiro atoms. The number of thiocarbonyl (C=S) groups is 1. The highest BCUT2D eigenvalue weighted by Crippen LogP contribution is 2.29. The predicted octanol–water partition coefficient (Wildman–Crippen LogP) is 3.60. The van der Waals surface area contributed by atoms with Gasteiger partial charge in [0.05, 0.1) is 17.0 Å². The Morgan fingerprint density at radius 2 is 2.07 bits per heavy atom. The molecule has 28 heavy (non-hydrogen) atoms. The number of rotatable bonds is 5. The van der Waals surface area contributed by atoms with Gasteiger partial charge >= 0.3 is 0 Å². The van der Waals surface area contributed by atoms with Gasteiger partial charge in [-0.2, -0.15) is 0 Å². The Morgan fingerprint density at radius 3 is 2.71 bits per heavy atom. The summed E-state index contributed by atoms with van der Waals surface area (Å²) >= 11 is 11.7. The fourth-order valence-corrected chi connectivity index (χ4v) is 3.52. The minimum atomic E-state index is -0.342. The number of halogens is 1. The molecule has 2 N–H and O–H groups in total. The molecule has 1 aliphatic heterocycles. The van der Waals surface area contributed by atoms with E-state index < -0.39 is 0 Å². The van der Waals surface area contributed by atoms with E-state index in [0.717, 1.165) is 44.1 Å². The van der Waals surface area contributed by atoms with Gasteiger partial charge in [-0.05, 0) is 55.2 Å². The molecule has 2 heterocycles. The lowest BCUT2D eigenvalue weighted by molar-refractivity contribution is -0.115. The Morgan fingerprint density at radius 1 is 1.29 bits per heavy atom. The quantitative estimate of drug-likeness (QED) is 0.571. The number of anilines is 2. The molecule has 0 radical (unpaired) electrons. The van der Waals surface area contributed by atoms with Gasteiger partial charge in [-0.15, -0.1) is 0 Å². The summed E-state index contributed by atoms with van der Waals surface area (Å²) in [6.07, 6.45) is 4.47. The Kier molecular flexibility index (Phi) is 7.08. The van der Waals surface area contributed by atoms with Crippen LogP contribution in [0, 0.1) is 0 Å². The number of piperazine rings is 1. The van der Waals surface area contributed by atoms with Crippen molar-refractivity contribution in [3.8, 4) is 0 Å². The van der Waals surface area contributed by atoms with Crippen molar-refractivity contribution in [3.05, 3.63) is 53.5 Å². The zero-order valence-electron chi connectivity index (χ0n) is 15.7. The molecule has 0 saturated carbocycles. The molecule has 1 fully saturated rings. The molecule has 1 aromatic carbocycles. The van der Waals surface area contributed by atoms with Crippen LogP contribution in [0.5, 0.6) is 0 Å². The molecule has 1 saturated heterocycles. The Hall–Kier alpha value is -2.35. The lowest BCUT2D eigenvalue weighted by Crippen LogP contribution is -2.46. The number of hydrogen-bond donors (Lipinski definition) is 2. The molecule has 0 atom stereocenters. The van der Waals surface area contributed by atoms with Crippen LogP contribution in [-0.4, -0.2) is 48.6 Å². The van der Waals surface area contributed by atoms with E-state index >= 15 is 0 Å². The number of carbonyl (C=O) groups is 1. The fourth-order valence-electron chi connectivity index (χ4n) is 3.01. The van der Waals surface area contributed by atoms with Gasteiger partial charge in [-0.1, -0.05) is 18.5 Å². The van der Waals surface area contributed by atoms with Crippen molar-refractivity contribution in [3.63, 3.8) is 0 Å². The van der Waals surface area contributed by atoms with Crippen LogP contribution in [0.4, 0.5) is 11.4 Å². The first-order valence-corrected chi connectivity index (χ1v) is 9.94. The summed E-state index contributed by atoms with van der Waals surface area (Å²) in [6.45, 7) is 7.23. The molecule has 1 aliphatic rings. The summed E-state index contributed by atoms with van der Waals surface area (Å²) < 4.78 is 5.13. The molecule has 2 aromatic rings. The molecular weight excluding hydrogens is 396 g/mol. The van der Waals surface area contributed by atoms with Gasteiger partial charge in [-0.3, -0.25) is 10.1 Å². The molecule has 1 amide bonds. The van der Waals surface area contributed by atoms with E-state index in [9.17, 15) is 4.79 Å². The van der Waals surface area contributed by atoms with Gasteiger partial charge in [-0.25, -0.2) is 0 Å². The second-order valence-corrected chi connectivity index (χ2v) is 7.20. The van der Waals surface area contributed by atoms with E-state index in [1.54, 1.807) is 24.5 Å². The van der Waals surface area contributed by atoms with Gasteiger partial charge in [0.25, 0.3) is 0 Å². The van der Waals surface area contributed by atoms with Crippen LogP contribution in [0.2, 0.25) is 5.02 Å². The maximum absolute atomic E-state index is 11.9. The normalized spacial score (nSPS) is 15.0. The molecule has 0 bridgehead atoms. The lowest BCUT2D eigenvalue weighted by atomic mass is 10.2. The van der Waals surface area contributed by atoms with E-state index in [-0.39, 0.29) is 11.0 Å². The smallest absolute Gasteiger partial charge is 0.250 e. The van der Waals surface area contributed by atoms with Crippen LogP contribution in [0.15, 0.2) is 47.1 Å². The van der Waals surface area contributed by atoms with Crippen molar-refractivity contribution in [2.24, 2.45) is 0 Å². The first-order chi connectivity index (χ1) is 13.5. The number of nitrogens with zero attached hydrogens (tertiary/aromatic N) is 2. The maximum atomic E-state index is 11.9.